The van der Waals surface area contributed by atoms with E-state index in [4.69, 9.17) is 4.42 Å². The first-order valence-electron chi connectivity index (χ1n) is 11.9. The minimum Gasteiger partial charge on any atom is -0.431 e. The van der Waals surface area contributed by atoms with Gasteiger partial charge in [-0.25, -0.2) is 4.98 Å². The number of anilines is 1. The molecule has 0 radical (unpaired) electrons. The SMILES string of the molecule is O=C(NCc1cccc(NC(=O)C2CCCC2)c1)c1ccccc1CSc1nc2ccccc2o1. The number of oxazole rings is 1. The number of aromatic nitrogens is 1. The zero-order valence-corrected chi connectivity index (χ0v) is 20.1. The van der Waals surface area contributed by atoms with Gasteiger partial charge in [-0.2, -0.15) is 0 Å². The van der Waals surface area contributed by atoms with Crippen LogP contribution in [0.5, 0.6) is 0 Å². The molecule has 1 aliphatic carbocycles. The summed E-state index contributed by atoms with van der Waals surface area (Å²) in [7, 11) is 0. The number of para-hydroxylation sites is 2. The van der Waals surface area contributed by atoms with Gasteiger partial charge in [-0.15, -0.1) is 0 Å². The van der Waals surface area contributed by atoms with Crippen molar-refractivity contribution < 1.29 is 14.0 Å². The predicted octanol–water partition coefficient (Wildman–Crippen LogP) is 6.18. The van der Waals surface area contributed by atoms with Gasteiger partial charge in [-0.05, 0) is 54.3 Å². The second-order valence-corrected chi connectivity index (χ2v) is 9.67. The summed E-state index contributed by atoms with van der Waals surface area (Å²) in [6, 6.07) is 22.9. The number of hydrogen-bond donors (Lipinski definition) is 2. The van der Waals surface area contributed by atoms with E-state index in [2.05, 4.69) is 15.6 Å². The van der Waals surface area contributed by atoms with Crippen molar-refractivity contribution in [2.45, 2.75) is 43.2 Å². The molecule has 4 aromatic rings. The first-order chi connectivity index (χ1) is 17.2. The van der Waals surface area contributed by atoms with Crippen LogP contribution >= 0.6 is 11.8 Å². The topological polar surface area (TPSA) is 84.2 Å². The number of nitrogens with zero attached hydrogens (tertiary/aromatic N) is 1. The van der Waals surface area contributed by atoms with E-state index in [1.54, 1.807) is 0 Å². The number of nitrogens with one attached hydrogen (secondary N) is 2. The van der Waals surface area contributed by atoms with E-state index in [9.17, 15) is 9.59 Å². The summed E-state index contributed by atoms with van der Waals surface area (Å²) >= 11 is 1.47. The second-order valence-electron chi connectivity index (χ2n) is 8.75. The van der Waals surface area contributed by atoms with Crippen LogP contribution in [0.15, 0.2) is 82.4 Å². The van der Waals surface area contributed by atoms with E-state index in [1.807, 2.05) is 72.8 Å². The van der Waals surface area contributed by atoms with Gasteiger partial charge in [0.15, 0.2) is 5.58 Å². The Labute approximate surface area is 208 Å². The minimum absolute atomic E-state index is 0.0917. The molecular weight excluding hydrogens is 458 g/mol. The maximum absolute atomic E-state index is 13.0. The molecule has 1 aliphatic rings. The fraction of sp³-hybridized carbons (Fsp3) is 0.250. The molecule has 1 fully saturated rings. The lowest BCUT2D eigenvalue weighted by Crippen LogP contribution is -2.24. The third-order valence-electron chi connectivity index (χ3n) is 6.26. The van der Waals surface area contributed by atoms with Crippen LogP contribution in [0.1, 0.15) is 47.2 Å². The largest absolute Gasteiger partial charge is 0.431 e. The summed E-state index contributed by atoms with van der Waals surface area (Å²) in [5, 5.41) is 6.62. The van der Waals surface area contributed by atoms with Crippen LogP contribution in [-0.4, -0.2) is 16.8 Å². The smallest absolute Gasteiger partial charge is 0.257 e. The highest BCUT2D eigenvalue weighted by molar-refractivity contribution is 7.98. The molecule has 0 atom stereocenters. The van der Waals surface area contributed by atoms with Gasteiger partial charge >= 0.3 is 0 Å². The summed E-state index contributed by atoms with van der Waals surface area (Å²) in [6.45, 7) is 0.374. The molecule has 1 heterocycles. The van der Waals surface area contributed by atoms with Gasteiger partial charge in [-0.1, -0.05) is 67.1 Å². The van der Waals surface area contributed by atoms with Crippen LogP contribution in [0.4, 0.5) is 5.69 Å². The van der Waals surface area contributed by atoms with Crippen LogP contribution < -0.4 is 10.6 Å². The lowest BCUT2D eigenvalue weighted by Gasteiger charge is -2.12. The molecule has 0 unspecified atom stereocenters. The Morgan fingerprint density at radius 2 is 1.77 bits per heavy atom. The van der Waals surface area contributed by atoms with Crippen molar-refractivity contribution in [1.29, 1.82) is 0 Å². The van der Waals surface area contributed by atoms with E-state index in [1.165, 1.54) is 11.8 Å². The van der Waals surface area contributed by atoms with Crippen molar-refractivity contribution in [2.24, 2.45) is 5.92 Å². The lowest BCUT2D eigenvalue weighted by molar-refractivity contribution is -0.119. The molecule has 178 valence electrons. The molecule has 3 aromatic carbocycles. The van der Waals surface area contributed by atoms with Crippen molar-refractivity contribution in [3.8, 4) is 0 Å². The number of rotatable bonds is 8. The summed E-state index contributed by atoms with van der Waals surface area (Å²) in [5.74, 6) is 0.634. The number of hydrogen-bond acceptors (Lipinski definition) is 5. The number of carbonyl (C=O) groups is 2. The molecule has 6 nitrogen and oxygen atoms in total. The zero-order chi connectivity index (χ0) is 24.0. The predicted molar refractivity (Wildman–Crippen MR) is 138 cm³/mol. The van der Waals surface area contributed by atoms with Gasteiger partial charge in [0.2, 0.25) is 5.91 Å². The summed E-state index contributed by atoms with van der Waals surface area (Å²) in [5.41, 5.74) is 4.81. The van der Waals surface area contributed by atoms with Crippen molar-refractivity contribution in [2.75, 3.05) is 5.32 Å². The number of fused-ring (bicyclic) bond motifs is 1. The molecular formula is C28H27N3O3S. The third-order valence-corrected chi connectivity index (χ3v) is 7.14. The number of amides is 2. The molecule has 0 bridgehead atoms. The highest BCUT2D eigenvalue weighted by atomic mass is 32.2. The maximum Gasteiger partial charge on any atom is 0.257 e. The average Bonchev–Trinajstić information content (AvgIpc) is 3.57. The van der Waals surface area contributed by atoms with E-state index in [0.29, 0.717) is 23.1 Å². The molecule has 7 heteroatoms. The van der Waals surface area contributed by atoms with Crippen molar-refractivity contribution in [3.05, 3.63) is 89.5 Å². The van der Waals surface area contributed by atoms with Crippen LogP contribution in [0.2, 0.25) is 0 Å². The highest BCUT2D eigenvalue weighted by Gasteiger charge is 2.22. The molecule has 35 heavy (non-hydrogen) atoms. The van der Waals surface area contributed by atoms with Crippen molar-refractivity contribution in [3.63, 3.8) is 0 Å². The maximum atomic E-state index is 13.0. The molecule has 5 rings (SSSR count). The Balaban J connectivity index is 1.20. The summed E-state index contributed by atoms with van der Waals surface area (Å²) in [6.07, 6.45) is 4.18. The molecule has 0 aliphatic heterocycles. The van der Waals surface area contributed by atoms with Crippen LogP contribution in [-0.2, 0) is 17.1 Å². The summed E-state index contributed by atoms with van der Waals surface area (Å²) < 4.78 is 5.79. The monoisotopic (exact) mass is 485 g/mol. The average molecular weight is 486 g/mol. The normalized spacial score (nSPS) is 13.7. The summed E-state index contributed by atoms with van der Waals surface area (Å²) in [4.78, 5) is 29.9. The van der Waals surface area contributed by atoms with Gasteiger partial charge in [0.25, 0.3) is 11.1 Å². The fourth-order valence-corrected chi connectivity index (χ4v) is 5.23. The molecule has 1 saturated carbocycles. The molecule has 2 N–H and O–H groups in total. The van der Waals surface area contributed by atoms with Crippen LogP contribution in [0.25, 0.3) is 11.1 Å². The first-order valence-corrected chi connectivity index (χ1v) is 12.9. The van der Waals surface area contributed by atoms with E-state index < -0.39 is 0 Å². The van der Waals surface area contributed by atoms with Crippen LogP contribution in [0, 0.1) is 5.92 Å². The van der Waals surface area contributed by atoms with Crippen molar-refractivity contribution >= 4 is 40.4 Å². The van der Waals surface area contributed by atoms with E-state index >= 15 is 0 Å². The molecule has 2 amide bonds. The van der Waals surface area contributed by atoms with Gasteiger partial charge < -0.3 is 15.1 Å². The number of thioether (sulfide) groups is 1. The van der Waals surface area contributed by atoms with E-state index in [0.717, 1.165) is 53.6 Å². The molecule has 0 spiro atoms. The lowest BCUT2D eigenvalue weighted by atomic mass is 10.1. The van der Waals surface area contributed by atoms with Gasteiger partial charge in [0.05, 0.1) is 0 Å². The Bertz CT molecular complexity index is 1310. The second kappa shape index (κ2) is 10.8. The Morgan fingerprint density at radius 1 is 0.971 bits per heavy atom. The van der Waals surface area contributed by atoms with Gasteiger partial charge in [-0.3, -0.25) is 9.59 Å². The highest BCUT2D eigenvalue weighted by Crippen LogP contribution is 2.28. The van der Waals surface area contributed by atoms with Gasteiger partial charge in [0.1, 0.15) is 5.52 Å². The van der Waals surface area contributed by atoms with E-state index in [-0.39, 0.29) is 17.7 Å². The molecule has 1 aromatic heterocycles. The first kappa shape index (κ1) is 23.2. The number of benzene rings is 3. The Morgan fingerprint density at radius 3 is 2.63 bits per heavy atom. The fourth-order valence-electron chi connectivity index (χ4n) is 4.39. The Hall–Kier alpha value is -3.58. The Kier molecular flexibility index (Phi) is 7.14. The van der Waals surface area contributed by atoms with Crippen LogP contribution in [0.3, 0.4) is 0 Å². The minimum atomic E-state index is -0.140. The standard InChI is InChI=1S/C28H27N3O3S/c32-26(20-9-1-2-10-20)30-22-12-7-8-19(16-22)17-29-27(33)23-13-4-3-11-21(23)18-35-28-31-24-14-5-6-15-25(24)34-28/h3-8,11-16,20H,1-2,9-10,17-18H2,(H,29,33)(H,30,32). The van der Waals surface area contributed by atoms with Crippen molar-refractivity contribution in [1.82, 2.24) is 10.3 Å². The third kappa shape index (κ3) is 5.74. The number of carbonyl (C=O) groups excluding carboxylic acids is 2. The van der Waals surface area contributed by atoms with Gasteiger partial charge in [0, 0.05) is 29.5 Å². The molecule has 0 saturated heterocycles. The quantitative estimate of drug-likeness (QED) is 0.291. The zero-order valence-electron chi connectivity index (χ0n) is 19.3.